The molecular formula is C14H14BrN3O. The molecule has 0 bridgehead atoms. The van der Waals surface area contributed by atoms with Crippen molar-refractivity contribution in [2.75, 3.05) is 0 Å². The predicted molar refractivity (Wildman–Crippen MR) is 76.1 cm³/mol. The summed E-state index contributed by atoms with van der Waals surface area (Å²) in [6, 6.07) is 7.32. The molecule has 0 radical (unpaired) electrons. The van der Waals surface area contributed by atoms with Gasteiger partial charge in [-0.25, -0.2) is 4.68 Å². The van der Waals surface area contributed by atoms with Gasteiger partial charge in [0, 0.05) is 5.56 Å². The van der Waals surface area contributed by atoms with Crippen molar-refractivity contribution in [3.05, 3.63) is 45.2 Å². The molecule has 2 rings (SSSR count). The molecule has 4 nitrogen and oxygen atoms in total. The molecule has 1 aromatic heterocycles. The molecule has 1 heterocycles. The molecule has 1 N–H and O–H groups in total. The van der Waals surface area contributed by atoms with Gasteiger partial charge in [-0.1, -0.05) is 6.07 Å². The van der Waals surface area contributed by atoms with Crippen LogP contribution in [0.1, 0.15) is 35.5 Å². The third kappa shape index (κ3) is 2.42. The van der Waals surface area contributed by atoms with Crippen molar-refractivity contribution in [3.8, 4) is 11.8 Å². The van der Waals surface area contributed by atoms with Crippen LogP contribution in [0.2, 0.25) is 0 Å². The van der Waals surface area contributed by atoms with Gasteiger partial charge in [0.1, 0.15) is 0 Å². The van der Waals surface area contributed by atoms with Crippen molar-refractivity contribution in [3.63, 3.8) is 0 Å². The first kappa shape index (κ1) is 13.8. The van der Waals surface area contributed by atoms with Crippen molar-refractivity contribution in [2.45, 2.75) is 26.9 Å². The number of rotatable bonds is 2. The van der Waals surface area contributed by atoms with E-state index in [0.29, 0.717) is 5.56 Å². The van der Waals surface area contributed by atoms with E-state index in [1.165, 1.54) is 0 Å². The van der Waals surface area contributed by atoms with Gasteiger partial charge in [-0.3, -0.25) is 0 Å². The quantitative estimate of drug-likeness (QED) is 0.924. The summed E-state index contributed by atoms with van der Waals surface area (Å²) in [5.41, 5.74) is 3.84. The normalized spacial score (nSPS) is 12.2. The van der Waals surface area contributed by atoms with Crippen LogP contribution in [-0.2, 0) is 0 Å². The summed E-state index contributed by atoms with van der Waals surface area (Å²) in [7, 11) is 0. The lowest BCUT2D eigenvalue weighted by atomic mass is 10.1. The molecule has 5 heteroatoms. The number of aliphatic hydroxyl groups is 1. The standard InChI is InChI=1S/C14H14BrN3O/c1-8-14(15)9(2)18(17-8)13-6-11(7-16)4-5-12(13)10(3)19/h4-6,10,19H,1-3H3/t10-/m0/s1. The third-order valence-electron chi connectivity index (χ3n) is 3.04. The maximum atomic E-state index is 9.86. The van der Waals surface area contributed by atoms with Crippen molar-refractivity contribution in [2.24, 2.45) is 0 Å². The number of benzene rings is 1. The zero-order chi connectivity index (χ0) is 14.2. The molecule has 0 aliphatic heterocycles. The van der Waals surface area contributed by atoms with Gasteiger partial charge >= 0.3 is 0 Å². The smallest absolute Gasteiger partial charge is 0.0992 e. The second-order valence-corrected chi connectivity index (χ2v) is 5.25. The molecule has 0 saturated carbocycles. The molecule has 0 aliphatic rings. The fourth-order valence-electron chi connectivity index (χ4n) is 2.01. The van der Waals surface area contributed by atoms with E-state index in [-0.39, 0.29) is 0 Å². The van der Waals surface area contributed by atoms with E-state index in [0.717, 1.165) is 27.1 Å². The largest absolute Gasteiger partial charge is 0.389 e. The minimum absolute atomic E-state index is 0.545. The van der Waals surface area contributed by atoms with E-state index in [2.05, 4.69) is 27.1 Å². The number of nitrogens with zero attached hydrogens (tertiary/aromatic N) is 3. The van der Waals surface area contributed by atoms with E-state index < -0.39 is 6.10 Å². The highest BCUT2D eigenvalue weighted by Crippen LogP contribution is 2.28. The second-order valence-electron chi connectivity index (χ2n) is 4.46. The fourth-order valence-corrected chi connectivity index (χ4v) is 2.26. The lowest BCUT2D eigenvalue weighted by Gasteiger charge is -2.13. The molecule has 0 saturated heterocycles. The van der Waals surface area contributed by atoms with Crippen LogP contribution >= 0.6 is 15.9 Å². The van der Waals surface area contributed by atoms with Crippen LogP contribution in [0.4, 0.5) is 0 Å². The van der Waals surface area contributed by atoms with Gasteiger partial charge in [-0.2, -0.15) is 10.4 Å². The molecular weight excluding hydrogens is 306 g/mol. The number of hydrogen-bond donors (Lipinski definition) is 1. The Morgan fingerprint density at radius 2 is 2.11 bits per heavy atom. The minimum Gasteiger partial charge on any atom is -0.389 e. The molecule has 1 aromatic carbocycles. The molecule has 19 heavy (non-hydrogen) atoms. The van der Waals surface area contributed by atoms with Gasteiger partial charge in [-0.15, -0.1) is 0 Å². The molecule has 2 aromatic rings. The van der Waals surface area contributed by atoms with Crippen molar-refractivity contribution >= 4 is 15.9 Å². The first-order valence-electron chi connectivity index (χ1n) is 5.90. The first-order chi connectivity index (χ1) is 8.95. The van der Waals surface area contributed by atoms with Crippen molar-refractivity contribution in [1.29, 1.82) is 5.26 Å². The third-order valence-corrected chi connectivity index (χ3v) is 4.19. The molecule has 0 spiro atoms. The Morgan fingerprint density at radius 3 is 2.58 bits per heavy atom. The topological polar surface area (TPSA) is 61.8 Å². The van der Waals surface area contributed by atoms with E-state index in [4.69, 9.17) is 5.26 Å². The van der Waals surface area contributed by atoms with Gasteiger partial charge < -0.3 is 5.11 Å². The number of aliphatic hydroxyl groups excluding tert-OH is 1. The zero-order valence-corrected chi connectivity index (χ0v) is 12.6. The van der Waals surface area contributed by atoms with Gasteiger partial charge in [0.2, 0.25) is 0 Å². The lowest BCUT2D eigenvalue weighted by Crippen LogP contribution is -2.06. The Balaban J connectivity index is 2.72. The van der Waals surface area contributed by atoms with Gasteiger partial charge in [0.25, 0.3) is 0 Å². The highest BCUT2D eigenvalue weighted by atomic mass is 79.9. The average molecular weight is 320 g/mol. The van der Waals surface area contributed by atoms with Gasteiger partial charge in [0.15, 0.2) is 0 Å². The Hall–Kier alpha value is -1.64. The van der Waals surface area contributed by atoms with Crippen LogP contribution in [0.15, 0.2) is 22.7 Å². The number of hydrogen-bond acceptors (Lipinski definition) is 3. The Kier molecular flexibility index (Phi) is 3.74. The minimum atomic E-state index is -0.620. The summed E-state index contributed by atoms with van der Waals surface area (Å²) in [5, 5.41) is 23.3. The van der Waals surface area contributed by atoms with Crippen LogP contribution in [0.3, 0.4) is 0 Å². The van der Waals surface area contributed by atoms with E-state index in [9.17, 15) is 5.11 Å². The summed E-state index contributed by atoms with van der Waals surface area (Å²) in [5.74, 6) is 0. The summed E-state index contributed by atoms with van der Waals surface area (Å²) in [6.07, 6.45) is -0.620. The Morgan fingerprint density at radius 1 is 1.42 bits per heavy atom. The summed E-state index contributed by atoms with van der Waals surface area (Å²) in [4.78, 5) is 0. The van der Waals surface area contributed by atoms with Crippen LogP contribution < -0.4 is 0 Å². The monoisotopic (exact) mass is 319 g/mol. The maximum Gasteiger partial charge on any atom is 0.0992 e. The van der Waals surface area contributed by atoms with Gasteiger partial charge in [-0.05, 0) is 48.8 Å². The van der Waals surface area contributed by atoms with Crippen LogP contribution in [0.25, 0.3) is 5.69 Å². The molecule has 1 atom stereocenters. The second kappa shape index (κ2) is 5.16. The lowest BCUT2D eigenvalue weighted by molar-refractivity contribution is 0.199. The number of aromatic nitrogens is 2. The molecule has 0 amide bonds. The maximum absolute atomic E-state index is 9.86. The SMILES string of the molecule is Cc1nn(-c2cc(C#N)ccc2[C@H](C)O)c(C)c1Br. The average Bonchev–Trinajstić information content (AvgIpc) is 2.65. The van der Waals surface area contributed by atoms with Crippen LogP contribution in [0, 0.1) is 25.2 Å². The molecule has 0 unspecified atom stereocenters. The Bertz CT molecular complexity index is 668. The van der Waals surface area contributed by atoms with Gasteiger partial charge in [0.05, 0.1) is 39.3 Å². The van der Waals surface area contributed by atoms with E-state index in [1.54, 1.807) is 29.8 Å². The zero-order valence-electron chi connectivity index (χ0n) is 11.0. The first-order valence-corrected chi connectivity index (χ1v) is 6.69. The Labute approximate surface area is 120 Å². The fraction of sp³-hybridized carbons (Fsp3) is 0.286. The van der Waals surface area contributed by atoms with Crippen molar-refractivity contribution in [1.82, 2.24) is 9.78 Å². The highest BCUT2D eigenvalue weighted by Gasteiger charge is 2.16. The van der Waals surface area contributed by atoms with E-state index >= 15 is 0 Å². The van der Waals surface area contributed by atoms with E-state index in [1.807, 2.05) is 13.8 Å². The molecule has 0 aliphatic carbocycles. The van der Waals surface area contributed by atoms with Crippen LogP contribution in [0.5, 0.6) is 0 Å². The molecule has 0 fully saturated rings. The summed E-state index contributed by atoms with van der Waals surface area (Å²) in [6.45, 7) is 5.55. The van der Waals surface area contributed by atoms with Crippen molar-refractivity contribution < 1.29 is 5.11 Å². The summed E-state index contributed by atoms with van der Waals surface area (Å²) < 4.78 is 2.69. The number of aryl methyl sites for hydroxylation is 1. The molecule has 98 valence electrons. The highest BCUT2D eigenvalue weighted by molar-refractivity contribution is 9.10. The number of nitriles is 1. The van der Waals surface area contributed by atoms with Crippen LogP contribution in [-0.4, -0.2) is 14.9 Å². The summed E-state index contributed by atoms with van der Waals surface area (Å²) >= 11 is 3.48. The number of halogens is 1. The predicted octanol–water partition coefficient (Wildman–Crippen LogP) is 3.18.